The normalized spacial score (nSPS) is 10.7. The number of benzene rings is 2. The summed E-state index contributed by atoms with van der Waals surface area (Å²) in [5.41, 5.74) is 9.34. The van der Waals surface area contributed by atoms with Gasteiger partial charge in [0.2, 0.25) is 0 Å². The van der Waals surface area contributed by atoms with Crippen molar-refractivity contribution >= 4 is 17.3 Å². The number of halogens is 1. The lowest BCUT2D eigenvalue weighted by molar-refractivity contribution is 0.417. The summed E-state index contributed by atoms with van der Waals surface area (Å²) in [5, 5.41) is 0.649. The molecule has 0 amide bonds. The van der Waals surface area contributed by atoms with Crippen LogP contribution in [0.15, 0.2) is 48.7 Å². The number of aromatic nitrogens is 2. The number of hydrogen-bond acceptors (Lipinski definition) is 3. The van der Waals surface area contributed by atoms with Gasteiger partial charge in [-0.3, -0.25) is 4.57 Å². The van der Waals surface area contributed by atoms with Crippen molar-refractivity contribution in [2.75, 3.05) is 12.8 Å². The number of anilines is 1. The van der Waals surface area contributed by atoms with Crippen LogP contribution in [0.1, 0.15) is 5.69 Å². The Bertz CT molecular complexity index is 827. The Morgan fingerprint density at radius 1 is 1.14 bits per heavy atom. The first kappa shape index (κ1) is 14.5. The Balaban J connectivity index is 2.24. The van der Waals surface area contributed by atoms with Gasteiger partial charge >= 0.3 is 0 Å². The Morgan fingerprint density at radius 3 is 2.64 bits per heavy atom. The van der Waals surface area contributed by atoms with E-state index in [1.165, 1.54) is 0 Å². The summed E-state index contributed by atoms with van der Waals surface area (Å²) in [6.45, 7) is 1.94. The van der Waals surface area contributed by atoms with E-state index in [-0.39, 0.29) is 0 Å². The summed E-state index contributed by atoms with van der Waals surface area (Å²) >= 11 is 6.32. The number of nitrogens with zero attached hydrogens (tertiary/aromatic N) is 2. The third-order valence-electron chi connectivity index (χ3n) is 3.46. The first-order valence-electron chi connectivity index (χ1n) is 6.85. The topological polar surface area (TPSA) is 53.1 Å². The summed E-state index contributed by atoms with van der Waals surface area (Å²) in [6, 6.07) is 13.3. The van der Waals surface area contributed by atoms with Gasteiger partial charge in [-0.25, -0.2) is 4.98 Å². The highest BCUT2D eigenvalue weighted by atomic mass is 35.5. The molecule has 4 nitrogen and oxygen atoms in total. The van der Waals surface area contributed by atoms with Gasteiger partial charge < -0.3 is 10.5 Å². The minimum Gasteiger partial charge on any atom is -0.495 e. The zero-order valence-electron chi connectivity index (χ0n) is 12.4. The fraction of sp³-hybridized carbons (Fsp3) is 0.118. The first-order chi connectivity index (χ1) is 10.6. The Morgan fingerprint density at radius 2 is 1.91 bits per heavy atom. The quantitative estimate of drug-likeness (QED) is 0.741. The first-order valence-corrected chi connectivity index (χ1v) is 7.23. The van der Waals surface area contributed by atoms with Crippen molar-refractivity contribution in [2.24, 2.45) is 0 Å². The largest absolute Gasteiger partial charge is 0.495 e. The molecule has 2 N–H and O–H groups in total. The van der Waals surface area contributed by atoms with E-state index in [1.807, 2.05) is 60.2 Å². The molecule has 0 bridgehead atoms. The molecule has 0 saturated carbocycles. The Hall–Kier alpha value is -2.46. The average Bonchev–Trinajstić information content (AvgIpc) is 2.89. The van der Waals surface area contributed by atoms with Crippen molar-refractivity contribution in [3.05, 3.63) is 59.4 Å². The molecule has 3 aromatic rings. The molecule has 0 radical (unpaired) electrons. The number of para-hydroxylation sites is 1. The lowest BCUT2D eigenvalue weighted by Gasteiger charge is -2.13. The van der Waals surface area contributed by atoms with Crippen LogP contribution >= 0.6 is 11.6 Å². The summed E-state index contributed by atoms with van der Waals surface area (Å²) in [6.07, 6.45) is 1.93. The van der Waals surface area contributed by atoms with Crippen LogP contribution in [0.2, 0.25) is 5.02 Å². The minimum absolute atomic E-state index is 0.565. The molecule has 0 aliphatic carbocycles. The summed E-state index contributed by atoms with van der Waals surface area (Å²) < 4.78 is 7.24. The SMILES string of the molecule is COc1cccc(-n2cc(C)nc2-c2ccccc2Cl)c1N. The molecule has 1 heterocycles. The maximum absolute atomic E-state index is 6.32. The van der Waals surface area contributed by atoms with E-state index >= 15 is 0 Å². The fourth-order valence-corrected chi connectivity index (χ4v) is 2.65. The second-order valence-corrected chi connectivity index (χ2v) is 5.36. The number of methoxy groups -OCH3 is 1. The molecule has 0 aliphatic heterocycles. The second kappa shape index (κ2) is 5.73. The van der Waals surface area contributed by atoms with Gasteiger partial charge in [0.1, 0.15) is 11.6 Å². The Labute approximate surface area is 134 Å². The van der Waals surface area contributed by atoms with E-state index in [9.17, 15) is 0 Å². The van der Waals surface area contributed by atoms with Crippen LogP contribution in [0.5, 0.6) is 5.75 Å². The number of nitrogen functional groups attached to an aromatic ring is 1. The second-order valence-electron chi connectivity index (χ2n) is 4.95. The molecular formula is C17H16ClN3O. The van der Waals surface area contributed by atoms with Gasteiger partial charge in [-0.05, 0) is 31.2 Å². The molecule has 1 aromatic heterocycles. The van der Waals surface area contributed by atoms with Crippen LogP contribution in [0.4, 0.5) is 5.69 Å². The van der Waals surface area contributed by atoms with Crippen LogP contribution in [0.3, 0.4) is 0 Å². The van der Waals surface area contributed by atoms with Gasteiger partial charge in [-0.2, -0.15) is 0 Å². The zero-order chi connectivity index (χ0) is 15.7. The highest BCUT2D eigenvalue weighted by Gasteiger charge is 2.15. The van der Waals surface area contributed by atoms with Gasteiger partial charge in [-0.15, -0.1) is 0 Å². The molecule has 112 valence electrons. The predicted octanol–water partition coefficient (Wildman–Crippen LogP) is 4.09. The van der Waals surface area contributed by atoms with E-state index in [4.69, 9.17) is 22.1 Å². The maximum Gasteiger partial charge on any atom is 0.146 e. The average molecular weight is 314 g/mol. The van der Waals surface area contributed by atoms with Crippen LogP contribution in [-0.4, -0.2) is 16.7 Å². The summed E-state index contributed by atoms with van der Waals surface area (Å²) in [7, 11) is 1.60. The van der Waals surface area contributed by atoms with Gasteiger partial charge in [0.05, 0.1) is 29.2 Å². The van der Waals surface area contributed by atoms with Gasteiger partial charge in [-0.1, -0.05) is 29.8 Å². The lowest BCUT2D eigenvalue weighted by atomic mass is 10.2. The smallest absolute Gasteiger partial charge is 0.146 e. The zero-order valence-corrected chi connectivity index (χ0v) is 13.1. The fourth-order valence-electron chi connectivity index (χ4n) is 2.43. The number of ether oxygens (including phenoxy) is 1. The number of hydrogen-bond donors (Lipinski definition) is 1. The van der Waals surface area contributed by atoms with E-state index in [2.05, 4.69) is 4.98 Å². The van der Waals surface area contributed by atoms with Gasteiger partial charge in [0, 0.05) is 11.8 Å². The van der Waals surface area contributed by atoms with Crippen LogP contribution in [-0.2, 0) is 0 Å². The van der Waals surface area contributed by atoms with E-state index in [1.54, 1.807) is 7.11 Å². The number of aryl methyl sites for hydroxylation is 1. The van der Waals surface area contributed by atoms with E-state index in [0.29, 0.717) is 16.5 Å². The van der Waals surface area contributed by atoms with Gasteiger partial charge in [0.25, 0.3) is 0 Å². The van der Waals surface area contributed by atoms with Crippen molar-refractivity contribution in [3.63, 3.8) is 0 Å². The van der Waals surface area contributed by atoms with Crippen molar-refractivity contribution in [1.29, 1.82) is 0 Å². The van der Waals surface area contributed by atoms with E-state index < -0.39 is 0 Å². The molecule has 0 spiro atoms. The van der Waals surface area contributed by atoms with Crippen LogP contribution in [0, 0.1) is 6.92 Å². The van der Waals surface area contributed by atoms with E-state index in [0.717, 1.165) is 22.8 Å². The highest BCUT2D eigenvalue weighted by molar-refractivity contribution is 6.33. The van der Waals surface area contributed by atoms with Crippen molar-refractivity contribution in [3.8, 4) is 22.8 Å². The molecule has 2 aromatic carbocycles. The third kappa shape index (κ3) is 2.42. The predicted molar refractivity (Wildman–Crippen MR) is 89.7 cm³/mol. The van der Waals surface area contributed by atoms with Crippen molar-refractivity contribution < 1.29 is 4.74 Å². The van der Waals surface area contributed by atoms with Crippen LogP contribution in [0.25, 0.3) is 17.1 Å². The summed E-state index contributed by atoms with van der Waals surface area (Å²) in [5.74, 6) is 1.39. The standard InChI is InChI=1S/C17H16ClN3O/c1-11-10-21(14-8-5-9-15(22-2)16(14)19)17(20-11)12-6-3-4-7-13(12)18/h3-10H,19H2,1-2H3. The minimum atomic E-state index is 0.565. The molecule has 0 atom stereocenters. The Kier molecular flexibility index (Phi) is 3.77. The highest BCUT2D eigenvalue weighted by Crippen LogP contribution is 2.33. The monoisotopic (exact) mass is 313 g/mol. The van der Waals surface area contributed by atoms with Crippen molar-refractivity contribution in [2.45, 2.75) is 6.92 Å². The summed E-state index contributed by atoms with van der Waals surface area (Å²) in [4.78, 5) is 4.60. The maximum atomic E-state index is 6.32. The molecule has 3 rings (SSSR count). The molecule has 0 fully saturated rings. The van der Waals surface area contributed by atoms with Crippen LogP contribution < -0.4 is 10.5 Å². The third-order valence-corrected chi connectivity index (χ3v) is 3.79. The molecule has 0 aliphatic rings. The number of imidazole rings is 1. The molecular weight excluding hydrogens is 298 g/mol. The lowest BCUT2D eigenvalue weighted by Crippen LogP contribution is -2.03. The number of nitrogens with two attached hydrogens (primary N) is 1. The molecule has 0 saturated heterocycles. The number of rotatable bonds is 3. The molecule has 0 unspecified atom stereocenters. The van der Waals surface area contributed by atoms with Crippen molar-refractivity contribution in [1.82, 2.24) is 9.55 Å². The molecule has 5 heteroatoms. The van der Waals surface area contributed by atoms with Gasteiger partial charge in [0.15, 0.2) is 0 Å². The molecule has 22 heavy (non-hydrogen) atoms.